The van der Waals surface area contributed by atoms with Crippen LogP contribution >= 0.6 is 0 Å². The molecule has 0 bridgehead atoms. The monoisotopic (exact) mass is 345 g/mol. The lowest BCUT2D eigenvalue weighted by molar-refractivity contribution is -0.131. The fourth-order valence-corrected chi connectivity index (χ4v) is 3.35. The van der Waals surface area contributed by atoms with Crippen molar-refractivity contribution in [2.24, 2.45) is 5.92 Å². The number of nitrogens with zero attached hydrogens (tertiary/aromatic N) is 3. The number of ketones is 1. The standard InChI is InChI=1S/C17H19N3O5/c1-18(2)13-9-19(17(24)25)7-10(14(13)21)8-20-15(22)11-5-3-4-6-12(11)16(20)23/h3-6,10,13H,7-9H2,1-2H3,(H,24,25). The SMILES string of the molecule is CN(C)C1CN(C(=O)O)CC(CN2C(=O)c3ccccc3C2=O)C1=O. The van der Waals surface area contributed by atoms with E-state index in [0.717, 1.165) is 9.80 Å². The normalized spacial score (nSPS) is 23.4. The number of likely N-dealkylation sites (tertiary alicyclic amines) is 1. The van der Waals surface area contributed by atoms with Crippen LogP contribution in [0.3, 0.4) is 0 Å². The van der Waals surface area contributed by atoms with Crippen molar-refractivity contribution >= 4 is 23.7 Å². The molecule has 0 spiro atoms. The maximum Gasteiger partial charge on any atom is 0.407 e. The molecule has 1 fully saturated rings. The van der Waals surface area contributed by atoms with Crippen molar-refractivity contribution in [2.45, 2.75) is 6.04 Å². The van der Waals surface area contributed by atoms with Crippen LogP contribution in [0.2, 0.25) is 0 Å². The van der Waals surface area contributed by atoms with Gasteiger partial charge in [-0.25, -0.2) is 4.79 Å². The largest absolute Gasteiger partial charge is 0.465 e. The molecule has 1 aromatic rings. The average molecular weight is 345 g/mol. The molecule has 132 valence electrons. The lowest BCUT2D eigenvalue weighted by atomic mass is 9.91. The number of fused-ring (bicyclic) bond motifs is 1. The third kappa shape index (κ3) is 2.89. The van der Waals surface area contributed by atoms with Crippen LogP contribution in [0.25, 0.3) is 0 Å². The zero-order valence-electron chi connectivity index (χ0n) is 14.0. The number of piperidine rings is 1. The van der Waals surface area contributed by atoms with Crippen molar-refractivity contribution in [3.05, 3.63) is 35.4 Å². The Kier molecular flexibility index (Phi) is 4.30. The van der Waals surface area contributed by atoms with E-state index in [9.17, 15) is 24.3 Å². The third-order valence-corrected chi connectivity index (χ3v) is 4.74. The van der Waals surface area contributed by atoms with Gasteiger partial charge in [-0.05, 0) is 26.2 Å². The van der Waals surface area contributed by atoms with Crippen molar-refractivity contribution in [1.29, 1.82) is 0 Å². The second-order valence-electron chi connectivity index (χ2n) is 6.53. The highest BCUT2D eigenvalue weighted by Crippen LogP contribution is 2.25. The molecule has 1 N–H and O–H groups in total. The molecule has 2 aliphatic heterocycles. The molecule has 0 aliphatic carbocycles. The van der Waals surface area contributed by atoms with Crippen LogP contribution in [0.4, 0.5) is 4.79 Å². The first-order chi connectivity index (χ1) is 11.8. The number of benzene rings is 1. The number of carboxylic acid groups (broad SMARTS) is 1. The lowest BCUT2D eigenvalue weighted by Gasteiger charge is -2.38. The van der Waals surface area contributed by atoms with E-state index in [0.29, 0.717) is 11.1 Å². The Hall–Kier alpha value is -2.74. The Bertz CT molecular complexity index is 725. The molecule has 3 amide bonds. The second-order valence-corrected chi connectivity index (χ2v) is 6.53. The fraction of sp³-hybridized carbons (Fsp3) is 0.412. The van der Waals surface area contributed by atoms with Gasteiger partial charge >= 0.3 is 6.09 Å². The molecule has 0 saturated carbocycles. The topological polar surface area (TPSA) is 98.2 Å². The van der Waals surface area contributed by atoms with Gasteiger partial charge in [-0.2, -0.15) is 0 Å². The van der Waals surface area contributed by atoms with E-state index >= 15 is 0 Å². The van der Waals surface area contributed by atoms with Gasteiger partial charge in [-0.15, -0.1) is 0 Å². The number of hydrogen-bond acceptors (Lipinski definition) is 5. The average Bonchev–Trinajstić information content (AvgIpc) is 2.81. The second kappa shape index (κ2) is 6.29. The summed E-state index contributed by atoms with van der Waals surface area (Å²) in [5.41, 5.74) is 0.630. The Labute approximate surface area is 144 Å². The molecule has 25 heavy (non-hydrogen) atoms. The first-order valence-corrected chi connectivity index (χ1v) is 7.94. The molecule has 8 heteroatoms. The zero-order valence-corrected chi connectivity index (χ0v) is 14.0. The molecular weight excluding hydrogens is 326 g/mol. The number of amides is 3. The zero-order chi connectivity index (χ0) is 18.3. The summed E-state index contributed by atoms with van der Waals surface area (Å²) in [4.78, 5) is 52.9. The van der Waals surface area contributed by atoms with E-state index in [1.807, 2.05) is 0 Å². The molecule has 0 radical (unpaired) electrons. The molecule has 0 aromatic heterocycles. The molecule has 2 atom stereocenters. The van der Waals surface area contributed by atoms with E-state index < -0.39 is 29.9 Å². The molecule has 8 nitrogen and oxygen atoms in total. The van der Waals surface area contributed by atoms with Gasteiger partial charge in [0, 0.05) is 19.6 Å². The molecule has 2 heterocycles. The molecule has 2 aliphatic rings. The summed E-state index contributed by atoms with van der Waals surface area (Å²) in [6.07, 6.45) is -1.12. The van der Waals surface area contributed by atoms with E-state index in [1.165, 1.54) is 0 Å². The molecular formula is C17H19N3O5. The van der Waals surface area contributed by atoms with Crippen LogP contribution in [-0.2, 0) is 4.79 Å². The molecule has 1 aromatic carbocycles. The fourth-order valence-electron chi connectivity index (χ4n) is 3.35. The van der Waals surface area contributed by atoms with E-state index in [1.54, 1.807) is 43.3 Å². The van der Waals surface area contributed by atoms with Crippen molar-refractivity contribution in [2.75, 3.05) is 33.7 Å². The number of hydrogen-bond donors (Lipinski definition) is 1. The van der Waals surface area contributed by atoms with Gasteiger partial charge in [0.25, 0.3) is 11.8 Å². The summed E-state index contributed by atoms with van der Waals surface area (Å²) in [6.45, 7) is -0.0506. The van der Waals surface area contributed by atoms with Crippen LogP contribution in [0, 0.1) is 5.92 Å². The minimum absolute atomic E-state index is 0.0219. The first-order valence-electron chi connectivity index (χ1n) is 7.94. The Morgan fingerprint density at radius 1 is 1.12 bits per heavy atom. The predicted molar refractivity (Wildman–Crippen MR) is 87.4 cm³/mol. The Balaban J connectivity index is 1.84. The number of Topliss-reactive ketones (excluding diaryl/α,β-unsaturated/α-hetero) is 1. The number of imide groups is 1. The highest BCUT2D eigenvalue weighted by molar-refractivity contribution is 6.21. The van der Waals surface area contributed by atoms with Crippen molar-refractivity contribution < 1.29 is 24.3 Å². The lowest BCUT2D eigenvalue weighted by Crippen LogP contribution is -2.58. The smallest absolute Gasteiger partial charge is 0.407 e. The van der Waals surface area contributed by atoms with Gasteiger partial charge in [-0.3, -0.25) is 24.2 Å². The third-order valence-electron chi connectivity index (χ3n) is 4.74. The predicted octanol–water partition coefficient (Wildman–Crippen LogP) is 0.392. The maximum atomic E-state index is 12.7. The highest BCUT2D eigenvalue weighted by atomic mass is 16.4. The number of carbonyl (C=O) groups excluding carboxylic acids is 3. The summed E-state index contributed by atoms with van der Waals surface area (Å²) in [5.74, 6) is -1.77. The van der Waals surface area contributed by atoms with Gasteiger partial charge in [-0.1, -0.05) is 12.1 Å². The van der Waals surface area contributed by atoms with Crippen LogP contribution < -0.4 is 0 Å². The Morgan fingerprint density at radius 2 is 1.68 bits per heavy atom. The van der Waals surface area contributed by atoms with Crippen molar-refractivity contribution in [3.63, 3.8) is 0 Å². The van der Waals surface area contributed by atoms with Crippen LogP contribution in [0.5, 0.6) is 0 Å². The minimum Gasteiger partial charge on any atom is -0.465 e. The Morgan fingerprint density at radius 3 is 2.16 bits per heavy atom. The van der Waals surface area contributed by atoms with Crippen molar-refractivity contribution in [3.8, 4) is 0 Å². The van der Waals surface area contributed by atoms with Gasteiger partial charge in [0.2, 0.25) is 0 Å². The molecule has 2 unspecified atom stereocenters. The van der Waals surface area contributed by atoms with E-state index in [-0.39, 0.29) is 25.4 Å². The van der Waals surface area contributed by atoms with Gasteiger partial charge in [0.15, 0.2) is 5.78 Å². The van der Waals surface area contributed by atoms with Crippen molar-refractivity contribution in [1.82, 2.24) is 14.7 Å². The first kappa shape index (κ1) is 17.1. The summed E-state index contributed by atoms with van der Waals surface area (Å²) in [5, 5.41) is 9.30. The quantitative estimate of drug-likeness (QED) is 0.796. The molecule has 1 saturated heterocycles. The van der Waals surface area contributed by atoms with Crippen LogP contribution in [-0.4, -0.2) is 83.3 Å². The summed E-state index contributed by atoms with van der Waals surface area (Å²) >= 11 is 0. The summed E-state index contributed by atoms with van der Waals surface area (Å²) in [7, 11) is 3.40. The number of rotatable bonds is 3. The number of carbonyl (C=O) groups is 4. The number of likely N-dealkylation sites (N-methyl/N-ethyl adjacent to an activating group) is 1. The molecule has 3 rings (SSSR count). The van der Waals surface area contributed by atoms with E-state index in [4.69, 9.17) is 0 Å². The van der Waals surface area contributed by atoms with Gasteiger partial charge in [0.1, 0.15) is 0 Å². The highest BCUT2D eigenvalue weighted by Gasteiger charge is 2.43. The van der Waals surface area contributed by atoms with Crippen LogP contribution in [0.15, 0.2) is 24.3 Å². The minimum atomic E-state index is -1.12. The summed E-state index contributed by atoms with van der Waals surface area (Å²) in [6, 6.07) is 5.90. The maximum absolute atomic E-state index is 12.7. The van der Waals surface area contributed by atoms with E-state index in [2.05, 4.69) is 0 Å². The van der Waals surface area contributed by atoms with Crippen LogP contribution in [0.1, 0.15) is 20.7 Å². The summed E-state index contributed by atoms with van der Waals surface area (Å²) < 4.78 is 0. The van der Waals surface area contributed by atoms with Gasteiger partial charge in [0.05, 0.1) is 23.1 Å². The van der Waals surface area contributed by atoms with Gasteiger partial charge < -0.3 is 10.0 Å².